The highest BCUT2D eigenvalue weighted by Gasteiger charge is 2.05. The first-order valence-corrected chi connectivity index (χ1v) is 6.80. The molecule has 0 amide bonds. The maximum Gasteiger partial charge on any atom is 0.137 e. The number of hydrogen-bond acceptors (Lipinski definition) is 3. The number of rotatable bonds is 2. The van der Waals surface area contributed by atoms with Crippen LogP contribution < -0.4 is 0 Å². The van der Waals surface area contributed by atoms with E-state index in [9.17, 15) is 5.11 Å². The summed E-state index contributed by atoms with van der Waals surface area (Å²) in [5, 5.41) is 11.9. The molecule has 0 bridgehead atoms. The molecular weight excluding hydrogens is 212 g/mol. The van der Waals surface area contributed by atoms with Crippen LogP contribution in [-0.4, -0.2) is 11.4 Å². The van der Waals surface area contributed by atoms with Crippen molar-refractivity contribution in [3.63, 3.8) is 0 Å². The molecule has 3 heteroatoms. The Labute approximate surface area is 90.9 Å². The monoisotopic (exact) mass is 222 g/mol. The zero-order valence-corrected chi connectivity index (χ0v) is 9.36. The van der Waals surface area contributed by atoms with Crippen LogP contribution in [0.2, 0.25) is 0 Å². The lowest BCUT2D eigenvalue weighted by Gasteiger charge is -2.05. The van der Waals surface area contributed by atoms with Crippen molar-refractivity contribution in [1.29, 1.82) is 0 Å². The Balaban J connectivity index is 2.63. The first-order chi connectivity index (χ1) is 6.83. The molecule has 2 rings (SSSR count). The average Bonchev–Trinajstić information content (AvgIpc) is 2.23. The largest absolute Gasteiger partial charge is 0.506 e. The van der Waals surface area contributed by atoms with E-state index in [0.29, 0.717) is 5.75 Å². The molecule has 72 valence electrons. The molecule has 14 heavy (non-hydrogen) atoms. The molecule has 0 unspecified atom stereocenters. The van der Waals surface area contributed by atoms with Crippen LogP contribution in [-0.2, 0) is 0 Å². The second kappa shape index (κ2) is 4.15. The third kappa shape index (κ3) is 1.70. The minimum atomic E-state index is 0.391. The second-order valence-electron chi connectivity index (χ2n) is 2.88. The van der Waals surface area contributed by atoms with Gasteiger partial charge in [0.15, 0.2) is 0 Å². The van der Waals surface area contributed by atoms with Crippen LogP contribution in [0.15, 0.2) is 41.3 Å². The Morgan fingerprint density at radius 2 is 1.86 bits per heavy atom. The summed E-state index contributed by atoms with van der Waals surface area (Å²) in [6.45, 7) is 0. The number of hydrogen-bond donors (Lipinski definition) is 1. The van der Waals surface area contributed by atoms with Gasteiger partial charge < -0.3 is 5.11 Å². The number of benzene rings is 2. The van der Waals surface area contributed by atoms with Crippen molar-refractivity contribution in [3.8, 4) is 5.75 Å². The van der Waals surface area contributed by atoms with Crippen LogP contribution >= 0.6 is 21.6 Å². The summed E-state index contributed by atoms with van der Waals surface area (Å²) in [5.41, 5.74) is 0. The Bertz CT molecular complexity index is 454. The highest BCUT2D eigenvalue weighted by molar-refractivity contribution is 8.76. The van der Waals surface area contributed by atoms with Crippen LogP contribution in [0.4, 0.5) is 0 Å². The van der Waals surface area contributed by atoms with Gasteiger partial charge in [-0.1, -0.05) is 51.9 Å². The molecule has 0 saturated heterocycles. The van der Waals surface area contributed by atoms with Crippen LogP contribution in [0.5, 0.6) is 5.75 Å². The molecule has 1 N–H and O–H groups in total. The maximum atomic E-state index is 9.95. The summed E-state index contributed by atoms with van der Waals surface area (Å²) in [6, 6.07) is 11.9. The van der Waals surface area contributed by atoms with Crippen molar-refractivity contribution < 1.29 is 5.11 Å². The van der Waals surface area contributed by atoms with E-state index >= 15 is 0 Å². The van der Waals surface area contributed by atoms with Gasteiger partial charge in [0.1, 0.15) is 5.75 Å². The lowest BCUT2D eigenvalue weighted by atomic mass is 10.1. The molecule has 0 aliphatic rings. The first-order valence-electron chi connectivity index (χ1n) is 4.24. The molecular formula is C11H10OS2. The van der Waals surface area contributed by atoms with Crippen LogP contribution in [0, 0.1) is 0 Å². The third-order valence-corrected chi connectivity index (χ3v) is 3.75. The lowest BCUT2D eigenvalue weighted by molar-refractivity contribution is 0.469. The fourth-order valence-electron chi connectivity index (χ4n) is 1.39. The van der Waals surface area contributed by atoms with Crippen LogP contribution in [0.3, 0.4) is 0 Å². The molecule has 0 radical (unpaired) electrons. The van der Waals surface area contributed by atoms with E-state index in [-0.39, 0.29) is 0 Å². The highest BCUT2D eigenvalue weighted by atomic mass is 33.1. The van der Waals surface area contributed by atoms with Gasteiger partial charge in [-0.3, -0.25) is 0 Å². The van der Waals surface area contributed by atoms with Crippen molar-refractivity contribution in [2.75, 3.05) is 6.26 Å². The predicted molar refractivity (Wildman–Crippen MR) is 65.0 cm³/mol. The predicted octanol–water partition coefficient (Wildman–Crippen LogP) is 3.92. The topological polar surface area (TPSA) is 20.2 Å². The maximum absolute atomic E-state index is 9.95. The molecule has 0 aliphatic carbocycles. The smallest absolute Gasteiger partial charge is 0.137 e. The van der Waals surface area contributed by atoms with E-state index in [2.05, 4.69) is 0 Å². The summed E-state index contributed by atoms with van der Waals surface area (Å²) in [4.78, 5) is 0.927. The Hall–Kier alpha value is -0.800. The summed E-state index contributed by atoms with van der Waals surface area (Å²) in [7, 11) is 3.22. The minimum Gasteiger partial charge on any atom is -0.506 e. The first kappa shape index (κ1) is 9.74. The zero-order chi connectivity index (χ0) is 9.97. The van der Waals surface area contributed by atoms with Crippen molar-refractivity contribution >= 4 is 32.4 Å². The van der Waals surface area contributed by atoms with Gasteiger partial charge in [-0.2, -0.15) is 0 Å². The van der Waals surface area contributed by atoms with Crippen LogP contribution in [0.25, 0.3) is 10.8 Å². The zero-order valence-electron chi connectivity index (χ0n) is 7.73. The molecule has 0 spiro atoms. The van der Waals surface area contributed by atoms with E-state index in [0.717, 1.165) is 15.7 Å². The molecule has 2 aromatic carbocycles. The number of fused-ring (bicyclic) bond motifs is 1. The van der Waals surface area contributed by atoms with Gasteiger partial charge in [0, 0.05) is 5.39 Å². The molecule has 0 atom stereocenters. The van der Waals surface area contributed by atoms with E-state index < -0.39 is 0 Å². The molecule has 0 aliphatic heterocycles. The highest BCUT2D eigenvalue weighted by Crippen LogP contribution is 2.39. The van der Waals surface area contributed by atoms with Crippen LogP contribution in [0.1, 0.15) is 0 Å². The second-order valence-corrected chi connectivity index (χ2v) is 5.32. The Morgan fingerprint density at radius 1 is 1.07 bits per heavy atom. The molecule has 2 aromatic rings. The van der Waals surface area contributed by atoms with Gasteiger partial charge >= 0.3 is 0 Å². The average molecular weight is 222 g/mol. The summed E-state index contributed by atoms with van der Waals surface area (Å²) in [6.07, 6.45) is 2.00. The normalized spacial score (nSPS) is 10.6. The Kier molecular flexibility index (Phi) is 2.89. The lowest BCUT2D eigenvalue weighted by Crippen LogP contribution is -1.76. The molecule has 0 fully saturated rings. The Morgan fingerprint density at radius 3 is 2.64 bits per heavy atom. The van der Waals surface area contributed by atoms with Crippen molar-refractivity contribution in [2.45, 2.75) is 4.90 Å². The van der Waals surface area contributed by atoms with Gasteiger partial charge in [0.2, 0.25) is 0 Å². The van der Waals surface area contributed by atoms with E-state index in [1.807, 2.05) is 42.7 Å². The number of aromatic hydroxyl groups is 1. The van der Waals surface area contributed by atoms with Gasteiger partial charge in [-0.15, -0.1) is 0 Å². The fourth-order valence-corrected chi connectivity index (χ4v) is 2.83. The van der Waals surface area contributed by atoms with Crippen molar-refractivity contribution in [1.82, 2.24) is 0 Å². The SMILES string of the molecule is CSSc1ccc2ccccc2c1O. The van der Waals surface area contributed by atoms with Gasteiger partial charge in [-0.05, 0) is 17.7 Å². The summed E-state index contributed by atoms with van der Waals surface area (Å²) >= 11 is 0. The fraction of sp³-hybridized carbons (Fsp3) is 0.0909. The molecule has 0 heterocycles. The van der Waals surface area contributed by atoms with E-state index in [4.69, 9.17) is 0 Å². The van der Waals surface area contributed by atoms with Crippen molar-refractivity contribution in [3.05, 3.63) is 36.4 Å². The molecule has 1 nitrogen and oxygen atoms in total. The summed E-state index contributed by atoms with van der Waals surface area (Å²) < 4.78 is 0. The molecule has 0 aromatic heterocycles. The third-order valence-electron chi connectivity index (χ3n) is 2.04. The van der Waals surface area contributed by atoms with E-state index in [1.165, 1.54) is 0 Å². The van der Waals surface area contributed by atoms with E-state index in [1.54, 1.807) is 21.6 Å². The van der Waals surface area contributed by atoms with Gasteiger partial charge in [0.25, 0.3) is 0 Å². The van der Waals surface area contributed by atoms with Gasteiger partial charge in [-0.25, -0.2) is 0 Å². The number of phenolic OH excluding ortho intramolecular Hbond substituents is 1. The number of phenols is 1. The quantitative estimate of drug-likeness (QED) is 0.778. The minimum absolute atomic E-state index is 0.391. The van der Waals surface area contributed by atoms with Gasteiger partial charge in [0.05, 0.1) is 4.90 Å². The summed E-state index contributed by atoms with van der Waals surface area (Å²) in [5.74, 6) is 0.391. The standard InChI is InChI=1S/C11H10OS2/c1-13-14-10-7-6-8-4-2-3-5-9(8)11(10)12/h2-7,12H,1H3. The molecule has 0 saturated carbocycles. The van der Waals surface area contributed by atoms with Crippen molar-refractivity contribution in [2.24, 2.45) is 0 Å².